The third-order valence-electron chi connectivity index (χ3n) is 4.55. The summed E-state index contributed by atoms with van der Waals surface area (Å²) in [6.45, 7) is 2.45. The Morgan fingerprint density at radius 2 is 1.71 bits per heavy atom. The molecule has 1 fully saturated rings. The fourth-order valence-corrected chi connectivity index (χ4v) is 3.43. The number of carbonyl (C=O) groups excluding carboxylic acids is 1. The molecule has 1 unspecified atom stereocenters. The minimum atomic E-state index is -0.250. The molecule has 1 aliphatic heterocycles. The van der Waals surface area contributed by atoms with Crippen LogP contribution in [-0.2, 0) is 11.3 Å². The molecule has 0 aromatic heterocycles. The van der Waals surface area contributed by atoms with E-state index in [1.165, 1.54) is 0 Å². The van der Waals surface area contributed by atoms with Crippen LogP contribution in [0.1, 0.15) is 30.0 Å². The highest BCUT2D eigenvalue weighted by molar-refractivity contribution is 6.30. The predicted octanol–water partition coefficient (Wildman–Crippen LogP) is 4.14. The van der Waals surface area contributed by atoms with Gasteiger partial charge in [0, 0.05) is 24.7 Å². The van der Waals surface area contributed by atoms with E-state index in [2.05, 4.69) is 4.90 Å². The molecule has 1 atom stereocenters. The first-order valence-electron chi connectivity index (χ1n) is 8.43. The fraction of sp³-hybridized carbons (Fsp3) is 0.350. The van der Waals surface area contributed by atoms with E-state index in [0.717, 1.165) is 42.1 Å². The Labute approximate surface area is 148 Å². The molecule has 0 N–H and O–H groups in total. The molecule has 0 spiro atoms. The van der Waals surface area contributed by atoms with Crippen molar-refractivity contribution in [2.45, 2.75) is 25.4 Å². The minimum absolute atomic E-state index is 0.204. The van der Waals surface area contributed by atoms with Crippen molar-refractivity contribution in [1.29, 1.82) is 0 Å². The van der Waals surface area contributed by atoms with Crippen molar-refractivity contribution < 1.29 is 4.79 Å². The first-order valence-corrected chi connectivity index (χ1v) is 8.81. The van der Waals surface area contributed by atoms with Gasteiger partial charge in [-0.3, -0.25) is 9.69 Å². The van der Waals surface area contributed by atoms with Crippen molar-refractivity contribution in [1.82, 2.24) is 9.80 Å². The molecular weight excluding hydrogens is 320 g/mol. The van der Waals surface area contributed by atoms with E-state index >= 15 is 0 Å². The molecule has 1 saturated heterocycles. The highest BCUT2D eigenvalue weighted by Crippen LogP contribution is 2.26. The number of halogens is 1. The van der Waals surface area contributed by atoms with E-state index < -0.39 is 0 Å². The molecule has 126 valence electrons. The van der Waals surface area contributed by atoms with Gasteiger partial charge in [-0.25, -0.2) is 0 Å². The van der Waals surface area contributed by atoms with Crippen molar-refractivity contribution in [3.63, 3.8) is 0 Å². The first kappa shape index (κ1) is 17.0. The molecule has 24 heavy (non-hydrogen) atoms. The summed E-state index contributed by atoms with van der Waals surface area (Å²) in [4.78, 5) is 17.2. The summed E-state index contributed by atoms with van der Waals surface area (Å²) in [6.07, 6.45) is 2.21. The highest BCUT2D eigenvalue weighted by atomic mass is 35.5. The molecule has 0 saturated carbocycles. The summed E-state index contributed by atoms with van der Waals surface area (Å²) in [5.74, 6) is 0.204. The first-order chi connectivity index (χ1) is 11.6. The summed E-state index contributed by atoms with van der Waals surface area (Å²) >= 11 is 5.97. The maximum absolute atomic E-state index is 13.1. The molecule has 0 radical (unpaired) electrons. The Bertz CT molecular complexity index is 666. The fourth-order valence-electron chi connectivity index (χ4n) is 3.30. The zero-order valence-electron chi connectivity index (χ0n) is 14.0. The SMILES string of the molecule is CN(Cc1ccc(Cl)cc1)C(C(=O)N1CCCC1)c1ccccc1. The van der Waals surface area contributed by atoms with E-state index in [4.69, 9.17) is 11.6 Å². The molecule has 1 aliphatic rings. The van der Waals surface area contributed by atoms with Crippen LogP contribution < -0.4 is 0 Å². The van der Waals surface area contributed by atoms with Gasteiger partial charge in [-0.15, -0.1) is 0 Å². The Hall–Kier alpha value is -1.84. The number of hydrogen-bond acceptors (Lipinski definition) is 2. The van der Waals surface area contributed by atoms with E-state index in [9.17, 15) is 4.79 Å². The van der Waals surface area contributed by atoms with Gasteiger partial charge in [0.1, 0.15) is 6.04 Å². The molecule has 1 heterocycles. The van der Waals surface area contributed by atoms with Crippen LogP contribution in [-0.4, -0.2) is 35.8 Å². The van der Waals surface area contributed by atoms with E-state index in [1.807, 2.05) is 66.5 Å². The Kier molecular flexibility index (Phi) is 5.54. The van der Waals surface area contributed by atoms with Gasteiger partial charge in [-0.2, -0.15) is 0 Å². The van der Waals surface area contributed by atoms with Crippen LogP contribution in [0.2, 0.25) is 5.02 Å². The second-order valence-electron chi connectivity index (χ2n) is 6.39. The molecule has 4 heteroatoms. The third-order valence-corrected chi connectivity index (χ3v) is 4.80. The van der Waals surface area contributed by atoms with Crippen LogP contribution in [0.5, 0.6) is 0 Å². The standard InChI is InChI=1S/C20H23ClN2O/c1-22(15-16-9-11-18(21)12-10-16)19(17-7-3-2-4-8-17)20(24)23-13-5-6-14-23/h2-4,7-12,19H,5-6,13-15H2,1H3. The normalized spacial score (nSPS) is 15.7. The number of likely N-dealkylation sites (tertiary alicyclic amines) is 1. The Morgan fingerprint density at radius 1 is 1.08 bits per heavy atom. The molecule has 0 aliphatic carbocycles. The van der Waals surface area contributed by atoms with Gasteiger partial charge in [0.15, 0.2) is 0 Å². The molecule has 3 nitrogen and oxygen atoms in total. The zero-order valence-corrected chi connectivity index (χ0v) is 14.7. The summed E-state index contributed by atoms with van der Waals surface area (Å²) in [5.41, 5.74) is 2.20. The van der Waals surface area contributed by atoms with Gasteiger partial charge in [0.05, 0.1) is 0 Å². The van der Waals surface area contributed by atoms with Crippen LogP contribution >= 0.6 is 11.6 Å². The number of benzene rings is 2. The number of nitrogens with zero attached hydrogens (tertiary/aromatic N) is 2. The lowest BCUT2D eigenvalue weighted by Gasteiger charge is -2.31. The molecule has 1 amide bonds. The van der Waals surface area contributed by atoms with Gasteiger partial charge in [-0.05, 0) is 43.1 Å². The van der Waals surface area contributed by atoms with Crippen molar-refractivity contribution in [3.05, 3.63) is 70.7 Å². The summed E-state index contributed by atoms with van der Waals surface area (Å²) < 4.78 is 0. The smallest absolute Gasteiger partial charge is 0.244 e. The number of rotatable bonds is 5. The van der Waals surface area contributed by atoms with Gasteiger partial charge < -0.3 is 4.90 Å². The van der Waals surface area contributed by atoms with Crippen molar-refractivity contribution in [2.75, 3.05) is 20.1 Å². The average Bonchev–Trinajstić information content (AvgIpc) is 3.13. The molecular formula is C20H23ClN2O. The number of carbonyl (C=O) groups is 1. The van der Waals surface area contributed by atoms with Crippen molar-refractivity contribution in [2.24, 2.45) is 0 Å². The highest BCUT2D eigenvalue weighted by Gasteiger charge is 2.30. The van der Waals surface area contributed by atoms with Crippen molar-refractivity contribution >= 4 is 17.5 Å². The van der Waals surface area contributed by atoms with E-state index in [-0.39, 0.29) is 11.9 Å². The largest absolute Gasteiger partial charge is 0.341 e. The molecule has 2 aromatic carbocycles. The Balaban J connectivity index is 1.83. The van der Waals surface area contributed by atoms with Gasteiger partial charge in [0.25, 0.3) is 0 Å². The molecule has 0 bridgehead atoms. The van der Waals surface area contributed by atoms with Crippen LogP contribution in [0, 0.1) is 0 Å². The lowest BCUT2D eigenvalue weighted by Crippen LogP contribution is -2.40. The summed E-state index contributed by atoms with van der Waals surface area (Å²) in [5, 5.41) is 0.731. The van der Waals surface area contributed by atoms with Gasteiger partial charge in [0.2, 0.25) is 5.91 Å². The van der Waals surface area contributed by atoms with E-state index in [0.29, 0.717) is 6.54 Å². The van der Waals surface area contributed by atoms with E-state index in [1.54, 1.807) is 0 Å². The topological polar surface area (TPSA) is 23.6 Å². The molecule has 2 aromatic rings. The monoisotopic (exact) mass is 342 g/mol. The van der Waals surface area contributed by atoms with Gasteiger partial charge in [-0.1, -0.05) is 54.1 Å². The van der Waals surface area contributed by atoms with Gasteiger partial charge >= 0.3 is 0 Å². The quantitative estimate of drug-likeness (QED) is 0.815. The van der Waals surface area contributed by atoms with Crippen LogP contribution in [0.4, 0.5) is 0 Å². The van der Waals surface area contributed by atoms with Crippen LogP contribution in [0.15, 0.2) is 54.6 Å². The zero-order chi connectivity index (χ0) is 16.9. The second kappa shape index (κ2) is 7.82. The van der Waals surface area contributed by atoms with Crippen molar-refractivity contribution in [3.8, 4) is 0 Å². The second-order valence-corrected chi connectivity index (χ2v) is 6.82. The summed E-state index contributed by atoms with van der Waals surface area (Å²) in [6, 6.07) is 17.6. The average molecular weight is 343 g/mol. The Morgan fingerprint density at radius 3 is 2.33 bits per heavy atom. The maximum Gasteiger partial charge on any atom is 0.244 e. The predicted molar refractivity (Wildman–Crippen MR) is 97.9 cm³/mol. The lowest BCUT2D eigenvalue weighted by molar-refractivity contribution is -0.136. The minimum Gasteiger partial charge on any atom is -0.341 e. The van der Waals surface area contributed by atoms with Crippen LogP contribution in [0.25, 0.3) is 0 Å². The lowest BCUT2D eigenvalue weighted by atomic mass is 10.0. The number of hydrogen-bond donors (Lipinski definition) is 0. The number of likely N-dealkylation sites (N-methyl/N-ethyl adjacent to an activating group) is 1. The third kappa shape index (κ3) is 3.97. The maximum atomic E-state index is 13.1. The molecule has 3 rings (SSSR count). The van der Waals surface area contributed by atoms with Crippen LogP contribution in [0.3, 0.4) is 0 Å². The number of amides is 1. The summed E-state index contributed by atoms with van der Waals surface area (Å²) in [7, 11) is 2.01.